The topological polar surface area (TPSA) is 47.6 Å². The van der Waals surface area contributed by atoms with Crippen LogP contribution in [0.2, 0.25) is 0 Å². The van der Waals surface area contributed by atoms with E-state index >= 15 is 0 Å². The summed E-state index contributed by atoms with van der Waals surface area (Å²) in [6.45, 7) is 2.22. The summed E-state index contributed by atoms with van der Waals surface area (Å²) in [5.74, 6) is 1.48. The lowest BCUT2D eigenvalue weighted by atomic mass is 10.0. The number of amides is 1. The summed E-state index contributed by atoms with van der Waals surface area (Å²) in [6.07, 6.45) is 0.361. The minimum absolute atomic E-state index is 0.000415. The second-order valence-electron chi connectivity index (χ2n) is 6.26. The second kappa shape index (κ2) is 6.48. The number of rotatable bonds is 4. The Balaban J connectivity index is 1.44. The van der Waals surface area contributed by atoms with E-state index < -0.39 is 0 Å². The van der Waals surface area contributed by atoms with Gasteiger partial charge in [0.1, 0.15) is 0 Å². The smallest absolute Gasteiger partial charge is 0.231 e. The Hall–Kier alpha value is -3.01. The predicted molar refractivity (Wildman–Crippen MR) is 96.8 cm³/mol. The van der Waals surface area contributed by atoms with Crippen LogP contribution < -0.4 is 14.8 Å². The van der Waals surface area contributed by atoms with Gasteiger partial charge in [0.15, 0.2) is 11.5 Å². The molecule has 1 atom stereocenters. The van der Waals surface area contributed by atoms with Crippen molar-refractivity contribution in [3.8, 4) is 11.5 Å². The largest absolute Gasteiger partial charge is 0.454 e. The molecule has 1 aliphatic heterocycles. The summed E-state index contributed by atoms with van der Waals surface area (Å²) >= 11 is 0. The average Bonchev–Trinajstić information content (AvgIpc) is 3.09. The molecule has 4 nitrogen and oxygen atoms in total. The van der Waals surface area contributed by atoms with Crippen LogP contribution in [0.3, 0.4) is 0 Å². The monoisotopic (exact) mass is 333 g/mol. The van der Waals surface area contributed by atoms with Gasteiger partial charge in [-0.05, 0) is 41.0 Å². The van der Waals surface area contributed by atoms with Gasteiger partial charge in [0, 0.05) is 0 Å². The van der Waals surface area contributed by atoms with Crippen molar-refractivity contribution in [2.24, 2.45) is 0 Å². The van der Waals surface area contributed by atoms with Gasteiger partial charge in [0.2, 0.25) is 12.7 Å². The van der Waals surface area contributed by atoms with Crippen molar-refractivity contribution in [3.05, 3.63) is 71.8 Å². The lowest BCUT2D eigenvalue weighted by Gasteiger charge is -2.15. The van der Waals surface area contributed by atoms with Gasteiger partial charge in [0.05, 0.1) is 12.5 Å². The zero-order valence-corrected chi connectivity index (χ0v) is 14.0. The molecule has 1 amide bonds. The van der Waals surface area contributed by atoms with Gasteiger partial charge in [-0.3, -0.25) is 4.79 Å². The summed E-state index contributed by atoms with van der Waals surface area (Å²) in [4.78, 5) is 12.4. The second-order valence-corrected chi connectivity index (χ2v) is 6.26. The quantitative estimate of drug-likeness (QED) is 0.785. The Labute approximate surface area is 146 Å². The highest BCUT2D eigenvalue weighted by molar-refractivity contribution is 5.85. The number of ether oxygens (including phenoxy) is 2. The SMILES string of the molecule is CC(NC(=O)Cc1ccc2ccccc2c1)c1ccc2c(c1)OCO2. The van der Waals surface area contributed by atoms with Crippen LogP contribution in [0, 0.1) is 0 Å². The molecule has 1 aliphatic rings. The molecule has 4 rings (SSSR count). The van der Waals surface area contributed by atoms with Crippen LogP contribution in [0.25, 0.3) is 10.8 Å². The van der Waals surface area contributed by atoms with Crippen molar-refractivity contribution in [1.82, 2.24) is 5.32 Å². The van der Waals surface area contributed by atoms with Crippen LogP contribution in [0.4, 0.5) is 0 Å². The molecule has 0 fully saturated rings. The van der Waals surface area contributed by atoms with Gasteiger partial charge >= 0.3 is 0 Å². The fraction of sp³-hybridized carbons (Fsp3) is 0.190. The van der Waals surface area contributed by atoms with E-state index in [1.807, 2.05) is 43.3 Å². The Morgan fingerprint density at radius 3 is 2.68 bits per heavy atom. The Kier molecular flexibility index (Phi) is 4.02. The van der Waals surface area contributed by atoms with Crippen molar-refractivity contribution in [1.29, 1.82) is 0 Å². The summed E-state index contributed by atoms with van der Waals surface area (Å²) in [5.41, 5.74) is 2.00. The van der Waals surface area contributed by atoms with Crippen LogP contribution in [-0.2, 0) is 11.2 Å². The summed E-state index contributed by atoms with van der Waals surface area (Å²) in [5, 5.41) is 5.38. The number of benzene rings is 3. The van der Waals surface area contributed by atoms with E-state index in [2.05, 4.69) is 29.6 Å². The molecule has 0 saturated heterocycles. The molecule has 25 heavy (non-hydrogen) atoms. The summed E-state index contributed by atoms with van der Waals surface area (Å²) in [7, 11) is 0. The molecule has 0 aromatic heterocycles. The molecule has 3 aromatic rings. The molecule has 0 bridgehead atoms. The number of hydrogen-bond donors (Lipinski definition) is 1. The van der Waals surface area contributed by atoms with E-state index in [0.717, 1.165) is 28.0 Å². The predicted octanol–water partition coefficient (Wildman–Crippen LogP) is 3.99. The van der Waals surface area contributed by atoms with E-state index in [1.165, 1.54) is 5.39 Å². The first-order valence-electron chi connectivity index (χ1n) is 8.35. The van der Waals surface area contributed by atoms with Gasteiger partial charge in [-0.15, -0.1) is 0 Å². The van der Waals surface area contributed by atoms with Crippen molar-refractivity contribution >= 4 is 16.7 Å². The molecule has 0 spiro atoms. The molecule has 3 aromatic carbocycles. The maximum absolute atomic E-state index is 12.4. The van der Waals surface area contributed by atoms with Gasteiger partial charge in [-0.2, -0.15) is 0 Å². The third-order valence-electron chi connectivity index (χ3n) is 4.45. The standard InChI is InChI=1S/C21H19NO3/c1-14(17-8-9-19-20(12-17)25-13-24-19)22-21(23)11-15-6-7-16-4-2-3-5-18(16)10-15/h2-10,12,14H,11,13H2,1H3,(H,22,23). The number of hydrogen-bond acceptors (Lipinski definition) is 3. The third-order valence-corrected chi connectivity index (χ3v) is 4.45. The van der Waals surface area contributed by atoms with E-state index in [0.29, 0.717) is 6.42 Å². The van der Waals surface area contributed by atoms with E-state index in [-0.39, 0.29) is 18.7 Å². The highest BCUT2D eigenvalue weighted by Crippen LogP contribution is 2.34. The molecule has 0 saturated carbocycles. The van der Waals surface area contributed by atoms with Gasteiger partial charge in [-0.25, -0.2) is 0 Å². The van der Waals surface area contributed by atoms with Crippen LogP contribution in [-0.4, -0.2) is 12.7 Å². The van der Waals surface area contributed by atoms with Gasteiger partial charge < -0.3 is 14.8 Å². The highest BCUT2D eigenvalue weighted by Gasteiger charge is 2.17. The molecule has 1 unspecified atom stereocenters. The van der Waals surface area contributed by atoms with Crippen molar-refractivity contribution in [3.63, 3.8) is 0 Å². The normalized spacial score (nSPS) is 13.6. The minimum Gasteiger partial charge on any atom is -0.454 e. The molecular formula is C21H19NO3. The van der Waals surface area contributed by atoms with Crippen LogP contribution >= 0.6 is 0 Å². The number of nitrogens with one attached hydrogen (secondary N) is 1. The Morgan fingerprint density at radius 1 is 1.00 bits per heavy atom. The molecule has 0 radical (unpaired) electrons. The molecule has 0 aliphatic carbocycles. The number of carbonyl (C=O) groups excluding carboxylic acids is 1. The number of carbonyl (C=O) groups is 1. The Bertz CT molecular complexity index is 935. The number of fused-ring (bicyclic) bond motifs is 2. The third kappa shape index (κ3) is 3.29. The maximum Gasteiger partial charge on any atom is 0.231 e. The molecular weight excluding hydrogens is 314 g/mol. The van der Waals surface area contributed by atoms with Crippen molar-refractivity contribution < 1.29 is 14.3 Å². The van der Waals surface area contributed by atoms with Crippen LogP contribution in [0.15, 0.2) is 60.7 Å². The first kappa shape index (κ1) is 15.5. The van der Waals surface area contributed by atoms with Crippen molar-refractivity contribution in [2.75, 3.05) is 6.79 Å². The first-order valence-corrected chi connectivity index (χ1v) is 8.35. The van der Waals surface area contributed by atoms with Crippen LogP contribution in [0.1, 0.15) is 24.1 Å². The van der Waals surface area contributed by atoms with Crippen molar-refractivity contribution in [2.45, 2.75) is 19.4 Å². The fourth-order valence-corrected chi connectivity index (χ4v) is 3.09. The lowest BCUT2D eigenvalue weighted by Crippen LogP contribution is -2.28. The molecule has 4 heteroatoms. The fourth-order valence-electron chi connectivity index (χ4n) is 3.09. The maximum atomic E-state index is 12.4. The molecule has 1 heterocycles. The van der Waals surface area contributed by atoms with Gasteiger partial charge in [0.25, 0.3) is 0 Å². The zero-order valence-electron chi connectivity index (χ0n) is 14.0. The highest BCUT2D eigenvalue weighted by atomic mass is 16.7. The summed E-state index contributed by atoms with van der Waals surface area (Å²) < 4.78 is 10.7. The van der Waals surface area contributed by atoms with Gasteiger partial charge in [-0.1, -0.05) is 48.5 Å². The molecule has 1 N–H and O–H groups in total. The first-order chi connectivity index (χ1) is 12.2. The lowest BCUT2D eigenvalue weighted by molar-refractivity contribution is -0.121. The zero-order chi connectivity index (χ0) is 17.2. The van der Waals surface area contributed by atoms with E-state index in [9.17, 15) is 4.79 Å². The van der Waals surface area contributed by atoms with E-state index in [1.54, 1.807) is 0 Å². The average molecular weight is 333 g/mol. The summed E-state index contributed by atoms with van der Waals surface area (Å²) in [6, 6.07) is 19.9. The minimum atomic E-state index is -0.0949. The van der Waals surface area contributed by atoms with E-state index in [4.69, 9.17) is 9.47 Å². The van der Waals surface area contributed by atoms with Crippen LogP contribution in [0.5, 0.6) is 11.5 Å². The Morgan fingerprint density at radius 2 is 1.80 bits per heavy atom. The molecule has 126 valence electrons.